The van der Waals surface area contributed by atoms with Crippen molar-refractivity contribution in [2.75, 3.05) is 59.6 Å². The number of piperazine rings is 1. The van der Waals surface area contributed by atoms with E-state index in [1.807, 2.05) is 0 Å². The number of hydrogen-bond acceptors (Lipinski definition) is 8. The van der Waals surface area contributed by atoms with Crippen LogP contribution in [0.3, 0.4) is 0 Å². The molecular formula is C36H52F2N6O8. The monoisotopic (exact) mass is 734 g/mol. The second kappa shape index (κ2) is 17.5. The molecule has 2 aromatic rings. The smallest absolute Gasteiger partial charge is 0.410 e. The van der Waals surface area contributed by atoms with Gasteiger partial charge in [-0.2, -0.15) is 0 Å². The van der Waals surface area contributed by atoms with Gasteiger partial charge in [-0.05, 0) is 52.5 Å². The number of nitrogens with one attached hydrogen (secondary N) is 2. The number of halogens is 2. The normalized spacial score (nSPS) is 16.7. The van der Waals surface area contributed by atoms with Crippen LogP contribution in [0.4, 0.5) is 13.6 Å². The van der Waals surface area contributed by atoms with Crippen molar-refractivity contribution in [3.05, 3.63) is 35.0 Å². The number of benzene rings is 1. The molecule has 2 aliphatic rings. The molecule has 14 nitrogen and oxygen atoms in total. The first-order chi connectivity index (χ1) is 24.5. The van der Waals surface area contributed by atoms with Gasteiger partial charge in [0.15, 0.2) is 11.6 Å². The number of aliphatic hydroxyl groups excluding tert-OH is 1. The summed E-state index contributed by atoms with van der Waals surface area (Å²) in [6.07, 6.45) is 3.73. The standard InChI is InChI=1S/C36H52F2N6O8/c1-22(41(5)35(50)52-36(2,3)4)31(46)40-29(23-10-8-7-9-11-23)33(48)43-13-15-44(16-14-43)34(49)30-28(32(47)39-12-18-51-19-17-45)24-20-25(37)26(38)21-27(24)42(30)6/h20-23,29,45H,7-19H2,1-6H3,(H,39,47)(H,40,46). The number of carbonyl (C=O) groups is 5. The van der Waals surface area contributed by atoms with E-state index in [0.29, 0.717) is 0 Å². The van der Waals surface area contributed by atoms with Gasteiger partial charge in [-0.15, -0.1) is 0 Å². The van der Waals surface area contributed by atoms with Crippen LogP contribution in [0, 0.1) is 17.6 Å². The Morgan fingerprint density at radius 3 is 2.21 bits per heavy atom. The molecule has 1 aromatic heterocycles. The third kappa shape index (κ3) is 9.56. The van der Waals surface area contributed by atoms with Gasteiger partial charge in [-0.3, -0.25) is 24.1 Å². The summed E-state index contributed by atoms with van der Waals surface area (Å²) in [7, 11) is 2.96. The molecule has 0 radical (unpaired) electrons. The van der Waals surface area contributed by atoms with Gasteiger partial charge in [-0.1, -0.05) is 19.3 Å². The van der Waals surface area contributed by atoms with E-state index in [2.05, 4.69) is 10.6 Å². The fourth-order valence-corrected chi connectivity index (χ4v) is 6.67. The Labute approximate surface area is 302 Å². The molecular weight excluding hydrogens is 682 g/mol. The predicted octanol–water partition coefficient (Wildman–Crippen LogP) is 2.80. The Bertz CT molecular complexity index is 1630. The van der Waals surface area contributed by atoms with Gasteiger partial charge in [-0.25, -0.2) is 13.6 Å². The number of ether oxygens (including phenoxy) is 2. The quantitative estimate of drug-likeness (QED) is 0.281. The maximum atomic E-state index is 14.4. The highest BCUT2D eigenvalue weighted by Gasteiger charge is 2.38. The number of aromatic nitrogens is 1. The summed E-state index contributed by atoms with van der Waals surface area (Å²) in [6.45, 7) is 7.28. The topological polar surface area (TPSA) is 163 Å². The minimum absolute atomic E-state index is 0.0437. The molecule has 0 bridgehead atoms. The Morgan fingerprint density at radius 1 is 0.981 bits per heavy atom. The van der Waals surface area contributed by atoms with Crippen LogP contribution in [-0.4, -0.2) is 131 Å². The van der Waals surface area contributed by atoms with Crippen molar-refractivity contribution in [2.45, 2.75) is 77.5 Å². The highest BCUT2D eigenvalue weighted by Crippen LogP contribution is 2.30. The molecule has 2 fully saturated rings. The fraction of sp³-hybridized carbons (Fsp3) is 0.639. The average molecular weight is 735 g/mol. The van der Waals surface area contributed by atoms with E-state index < -0.39 is 53.1 Å². The molecule has 288 valence electrons. The molecule has 2 atom stereocenters. The first-order valence-electron chi connectivity index (χ1n) is 17.8. The highest BCUT2D eigenvalue weighted by molar-refractivity contribution is 6.16. The van der Waals surface area contributed by atoms with Crippen molar-refractivity contribution < 1.29 is 47.3 Å². The van der Waals surface area contributed by atoms with Gasteiger partial charge < -0.3 is 39.6 Å². The SMILES string of the molecule is CC(C(=O)NC(C(=O)N1CCN(C(=O)c2c(C(=O)NCCOCCO)c3cc(F)c(F)cc3n2C)CC1)C1CCCCC1)N(C)C(=O)OC(C)(C)C. The van der Waals surface area contributed by atoms with Gasteiger partial charge in [0.05, 0.1) is 30.9 Å². The number of rotatable bonds is 12. The second-order valence-electron chi connectivity index (χ2n) is 14.4. The molecule has 2 unspecified atom stereocenters. The Kier molecular flexibility index (Phi) is 13.6. The van der Waals surface area contributed by atoms with Gasteiger partial charge in [0.25, 0.3) is 11.8 Å². The number of amides is 5. The van der Waals surface area contributed by atoms with Crippen LogP contribution in [-0.2, 0) is 26.1 Å². The van der Waals surface area contributed by atoms with Crippen molar-refractivity contribution in [3.8, 4) is 0 Å². The lowest BCUT2D eigenvalue weighted by Gasteiger charge is -2.39. The van der Waals surface area contributed by atoms with Gasteiger partial charge in [0.2, 0.25) is 11.8 Å². The number of nitrogens with zero attached hydrogens (tertiary/aromatic N) is 4. The van der Waals surface area contributed by atoms with E-state index in [0.717, 1.165) is 44.2 Å². The fourth-order valence-electron chi connectivity index (χ4n) is 6.67. The van der Waals surface area contributed by atoms with E-state index in [9.17, 15) is 32.8 Å². The van der Waals surface area contributed by atoms with Crippen LogP contribution in [0.25, 0.3) is 10.9 Å². The van der Waals surface area contributed by atoms with Crippen LogP contribution in [0.15, 0.2) is 12.1 Å². The number of likely N-dealkylation sites (N-methyl/N-ethyl adjacent to an activating group) is 1. The molecule has 16 heteroatoms. The predicted molar refractivity (Wildman–Crippen MR) is 188 cm³/mol. The molecule has 1 saturated heterocycles. The molecule has 52 heavy (non-hydrogen) atoms. The van der Waals surface area contributed by atoms with Crippen molar-refractivity contribution in [2.24, 2.45) is 13.0 Å². The number of hydrogen-bond donors (Lipinski definition) is 3. The lowest BCUT2D eigenvalue weighted by atomic mass is 9.83. The van der Waals surface area contributed by atoms with Gasteiger partial charge >= 0.3 is 6.09 Å². The van der Waals surface area contributed by atoms with Crippen LogP contribution in [0.2, 0.25) is 0 Å². The van der Waals surface area contributed by atoms with Crippen LogP contribution < -0.4 is 10.6 Å². The van der Waals surface area contributed by atoms with Crippen LogP contribution >= 0.6 is 0 Å². The van der Waals surface area contributed by atoms with Crippen LogP contribution in [0.5, 0.6) is 0 Å². The highest BCUT2D eigenvalue weighted by atomic mass is 19.2. The number of aliphatic hydroxyl groups is 1. The Hall–Kier alpha value is -4.31. The number of fused-ring (bicyclic) bond motifs is 1. The summed E-state index contributed by atoms with van der Waals surface area (Å²) in [5.41, 5.74) is -0.786. The minimum Gasteiger partial charge on any atom is -0.444 e. The maximum Gasteiger partial charge on any atom is 0.410 e. The molecule has 3 N–H and O–H groups in total. The summed E-state index contributed by atoms with van der Waals surface area (Å²) >= 11 is 0. The largest absolute Gasteiger partial charge is 0.444 e. The molecule has 1 saturated carbocycles. The van der Waals surface area contributed by atoms with E-state index in [4.69, 9.17) is 14.6 Å². The van der Waals surface area contributed by atoms with Gasteiger partial charge in [0.1, 0.15) is 23.4 Å². The van der Waals surface area contributed by atoms with Crippen LogP contribution in [0.1, 0.15) is 80.6 Å². The van der Waals surface area contributed by atoms with E-state index in [-0.39, 0.29) is 86.5 Å². The lowest BCUT2D eigenvalue weighted by molar-refractivity contribution is -0.140. The summed E-state index contributed by atoms with van der Waals surface area (Å²) in [6, 6.07) is 0.0843. The Balaban J connectivity index is 1.50. The zero-order valence-corrected chi connectivity index (χ0v) is 30.9. The van der Waals surface area contributed by atoms with Crippen molar-refractivity contribution >= 4 is 40.6 Å². The zero-order chi connectivity index (χ0) is 38.3. The maximum absolute atomic E-state index is 14.4. The van der Waals surface area contributed by atoms with E-state index in [1.165, 1.54) is 28.5 Å². The molecule has 4 rings (SSSR count). The molecule has 1 aliphatic heterocycles. The second-order valence-corrected chi connectivity index (χ2v) is 14.4. The zero-order valence-electron chi connectivity index (χ0n) is 30.9. The molecule has 1 aromatic carbocycles. The summed E-state index contributed by atoms with van der Waals surface area (Å²) in [4.78, 5) is 72.0. The first kappa shape index (κ1) is 40.5. The van der Waals surface area contributed by atoms with E-state index >= 15 is 0 Å². The molecule has 2 heterocycles. The van der Waals surface area contributed by atoms with E-state index in [1.54, 1.807) is 32.6 Å². The molecule has 0 spiro atoms. The molecule has 1 aliphatic carbocycles. The lowest BCUT2D eigenvalue weighted by Crippen LogP contribution is -2.60. The third-order valence-corrected chi connectivity index (χ3v) is 9.64. The summed E-state index contributed by atoms with van der Waals surface area (Å²) in [5.74, 6) is -4.40. The molecule has 5 amide bonds. The van der Waals surface area contributed by atoms with Crippen molar-refractivity contribution in [3.63, 3.8) is 0 Å². The van der Waals surface area contributed by atoms with Crippen molar-refractivity contribution in [1.82, 2.24) is 29.9 Å². The van der Waals surface area contributed by atoms with Gasteiger partial charge in [0, 0.05) is 58.3 Å². The summed E-state index contributed by atoms with van der Waals surface area (Å²) in [5, 5.41) is 14.6. The summed E-state index contributed by atoms with van der Waals surface area (Å²) < 4.78 is 40.7. The number of carbonyl (C=O) groups excluding carboxylic acids is 5. The minimum atomic E-state index is -1.17. The van der Waals surface area contributed by atoms with Crippen molar-refractivity contribution in [1.29, 1.82) is 0 Å². The Morgan fingerprint density at radius 2 is 1.60 bits per heavy atom. The third-order valence-electron chi connectivity index (χ3n) is 9.64. The average Bonchev–Trinajstić information content (AvgIpc) is 3.39. The first-order valence-corrected chi connectivity index (χ1v) is 17.8. The number of aryl methyl sites for hydroxylation is 1.